The number of carbonyl (C=O) groups excluding carboxylic acids is 1. The van der Waals surface area contributed by atoms with E-state index in [2.05, 4.69) is 18.7 Å². The van der Waals surface area contributed by atoms with E-state index in [1.165, 1.54) is 0 Å². The Bertz CT molecular complexity index is 280. The molecule has 1 saturated heterocycles. The SMILES string of the molecule is CC(C)[C@H](N)C(=O)N(C)C1CCN(C(C)C)CC1.Cl.Cl. The molecule has 1 fully saturated rings. The Morgan fingerprint density at radius 1 is 1.15 bits per heavy atom. The van der Waals surface area contributed by atoms with E-state index in [1.807, 2.05) is 25.8 Å². The van der Waals surface area contributed by atoms with E-state index in [4.69, 9.17) is 5.73 Å². The van der Waals surface area contributed by atoms with Crippen molar-refractivity contribution in [1.29, 1.82) is 0 Å². The fourth-order valence-electron chi connectivity index (χ4n) is 2.49. The van der Waals surface area contributed by atoms with Crippen molar-refractivity contribution in [3.8, 4) is 0 Å². The number of halogens is 2. The molecule has 2 N–H and O–H groups in total. The van der Waals surface area contributed by atoms with E-state index in [0.717, 1.165) is 25.9 Å². The summed E-state index contributed by atoms with van der Waals surface area (Å²) in [7, 11) is 1.90. The highest BCUT2D eigenvalue weighted by Crippen LogP contribution is 2.18. The number of rotatable bonds is 4. The lowest BCUT2D eigenvalue weighted by Crippen LogP contribution is -2.52. The minimum Gasteiger partial charge on any atom is -0.341 e. The fraction of sp³-hybridized carbons (Fsp3) is 0.929. The zero-order valence-electron chi connectivity index (χ0n) is 13.3. The molecule has 1 heterocycles. The van der Waals surface area contributed by atoms with Crippen LogP contribution in [0.2, 0.25) is 0 Å². The monoisotopic (exact) mass is 327 g/mol. The summed E-state index contributed by atoms with van der Waals surface area (Å²) in [5.74, 6) is 0.295. The van der Waals surface area contributed by atoms with E-state index in [0.29, 0.717) is 12.1 Å². The summed E-state index contributed by atoms with van der Waals surface area (Å²) in [6, 6.07) is 0.598. The Morgan fingerprint density at radius 2 is 1.60 bits per heavy atom. The first-order valence-corrected chi connectivity index (χ1v) is 7.11. The van der Waals surface area contributed by atoms with Crippen LogP contribution in [0.4, 0.5) is 0 Å². The number of nitrogens with two attached hydrogens (primary N) is 1. The molecule has 0 aromatic rings. The van der Waals surface area contributed by atoms with Crippen molar-refractivity contribution in [2.75, 3.05) is 20.1 Å². The molecule has 0 bridgehead atoms. The number of nitrogens with zero attached hydrogens (tertiary/aromatic N) is 2. The molecule has 1 atom stereocenters. The maximum Gasteiger partial charge on any atom is 0.239 e. The van der Waals surface area contributed by atoms with Crippen LogP contribution >= 0.6 is 24.8 Å². The number of likely N-dealkylation sites (N-methyl/N-ethyl adjacent to an activating group) is 1. The van der Waals surface area contributed by atoms with Gasteiger partial charge in [-0.2, -0.15) is 0 Å². The Morgan fingerprint density at radius 3 is 1.95 bits per heavy atom. The number of amides is 1. The number of likely N-dealkylation sites (tertiary alicyclic amines) is 1. The molecule has 0 spiro atoms. The molecule has 0 saturated carbocycles. The third kappa shape index (κ3) is 5.76. The normalized spacial score (nSPS) is 18.4. The van der Waals surface area contributed by atoms with Crippen LogP contribution in [-0.2, 0) is 4.79 Å². The van der Waals surface area contributed by atoms with E-state index in [-0.39, 0.29) is 42.7 Å². The van der Waals surface area contributed by atoms with Gasteiger partial charge in [0.1, 0.15) is 0 Å². The summed E-state index contributed by atoms with van der Waals surface area (Å²) >= 11 is 0. The molecule has 1 amide bonds. The lowest BCUT2D eigenvalue weighted by molar-refractivity contribution is -0.135. The average Bonchev–Trinajstić information content (AvgIpc) is 2.36. The van der Waals surface area contributed by atoms with Gasteiger partial charge in [0.05, 0.1) is 6.04 Å². The van der Waals surface area contributed by atoms with Crippen LogP contribution in [0.1, 0.15) is 40.5 Å². The predicted octanol–water partition coefficient (Wildman–Crippen LogP) is 2.14. The summed E-state index contributed by atoms with van der Waals surface area (Å²) in [4.78, 5) is 16.5. The lowest BCUT2D eigenvalue weighted by atomic mass is 9.99. The van der Waals surface area contributed by atoms with Gasteiger partial charge in [0.15, 0.2) is 0 Å². The van der Waals surface area contributed by atoms with E-state index >= 15 is 0 Å². The molecule has 1 aliphatic rings. The van der Waals surface area contributed by atoms with Crippen molar-refractivity contribution in [2.24, 2.45) is 11.7 Å². The van der Waals surface area contributed by atoms with Crippen LogP contribution < -0.4 is 5.73 Å². The quantitative estimate of drug-likeness (QED) is 0.860. The van der Waals surface area contributed by atoms with Gasteiger partial charge in [-0.3, -0.25) is 4.79 Å². The molecule has 0 unspecified atom stereocenters. The number of hydrogen-bond acceptors (Lipinski definition) is 3. The molecule has 122 valence electrons. The van der Waals surface area contributed by atoms with Crippen LogP contribution in [0.15, 0.2) is 0 Å². The van der Waals surface area contributed by atoms with Crippen molar-refractivity contribution >= 4 is 30.7 Å². The van der Waals surface area contributed by atoms with Gasteiger partial charge in [0.25, 0.3) is 0 Å². The number of hydrogen-bond donors (Lipinski definition) is 1. The van der Waals surface area contributed by atoms with E-state index in [1.54, 1.807) is 0 Å². The standard InChI is InChI=1S/C14H29N3O.2ClH/c1-10(2)13(15)14(18)16(5)12-6-8-17(9-7-12)11(3)4;;/h10-13H,6-9,15H2,1-5H3;2*1H/t13-;;/m0../s1. The molecule has 0 radical (unpaired) electrons. The highest BCUT2D eigenvalue weighted by Gasteiger charge is 2.29. The summed E-state index contributed by atoms with van der Waals surface area (Å²) in [5.41, 5.74) is 5.94. The largest absolute Gasteiger partial charge is 0.341 e. The Labute approximate surface area is 136 Å². The summed E-state index contributed by atoms with van der Waals surface area (Å²) in [6.45, 7) is 10.6. The predicted molar refractivity (Wildman–Crippen MR) is 89.8 cm³/mol. The molecule has 0 aromatic carbocycles. The second kappa shape index (κ2) is 9.82. The third-order valence-electron chi connectivity index (χ3n) is 4.13. The van der Waals surface area contributed by atoms with Crippen LogP contribution in [0, 0.1) is 5.92 Å². The van der Waals surface area contributed by atoms with Gasteiger partial charge in [0.2, 0.25) is 5.91 Å². The van der Waals surface area contributed by atoms with Crippen molar-refractivity contribution in [2.45, 2.75) is 58.7 Å². The lowest BCUT2D eigenvalue weighted by Gasteiger charge is -2.39. The summed E-state index contributed by atoms with van der Waals surface area (Å²) in [6.07, 6.45) is 2.12. The molecule has 20 heavy (non-hydrogen) atoms. The first kappa shape index (κ1) is 22.3. The smallest absolute Gasteiger partial charge is 0.239 e. The van der Waals surface area contributed by atoms with Crippen LogP contribution in [0.3, 0.4) is 0 Å². The first-order valence-electron chi connectivity index (χ1n) is 7.11. The van der Waals surface area contributed by atoms with Crippen molar-refractivity contribution in [3.63, 3.8) is 0 Å². The molecule has 6 heteroatoms. The first-order chi connectivity index (χ1) is 8.34. The maximum absolute atomic E-state index is 12.2. The van der Waals surface area contributed by atoms with Crippen molar-refractivity contribution in [1.82, 2.24) is 9.80 Å². The Hall–Kier alpha value is -0.0300. The molecular formula is C14H31Cl2N3O. The highest BCUT2D eigenvalue weighted by atomic mass is 35.5. The van der Waals surface area contributed by atoms with Crippen molar-refractivity contribution in [3.05, 3.63) is 0 Å². The van der Waals surface area contributed by atoms with Gasteiger partial charge in [0, 0.05) is 32.2 Å². The van der Waals surface area contributed by atoms with E-state index < -0.39 is 0 Å². The zero-order chi connectivity index (χ0) is 13.9. The molecule has 1 aliphatic heterocycles. The second-order valence-electron chi connectivity index (χ2n) is 6.08. The molecule has 1 rings (SSSR count). The van der Waals surface area contributed by atoms with Gasteiger partial charge in [-0.15, -0.1) is 24.8 Å². The minimum atomic E-state index is -0.363. The average molecular weight is 328 g/mol. The fourth-order valence-corrected chi connectivity index (χ4v) is 2.49. The third-order valence-corrected chi connectivity index (χ3v) is 4.13. The van der Waals surface area contributed by atoms with E-state index in [9.17, 15) is 4.79 Å². The highest BCUT2D eigenvalue weighted by molar-refractivity contribution is 5.85. The van der Waals surface area contributed by atoms with Crippen LogP contribution in [-0.4, -0.2) is 54.0 Å². The Kier molecular flexibility index (Phi) is 10.9. The molecule has 0 aliphatic carbocycles. The van der Waals surface area contributed by atoms with Crippen molar-refractivity contribution < 1.29 is 4.79 Å². The zero-order valence-corrected chi connectivity index (χ0v) is 15.0. The number of carbonyl (C=O) groups is 1. The van der Waals surface area contributed by atoms with Gasteiger partial charge >= 0.3 is 0 Å². The minimum absolute atomic E-state index is 0. The van der Waals surface area contributed by atoms with Gasteiger partial charge < -0.3 is 15.5 Å². The topological polar surface area (TPSA) is 49.6 Å². The van der Waals surface area contributed by atoms with Crippen LogP contribution in [0.25, 0.3) is 0 Å². The van der Waals surface area contributed by atoms with Gasteiger partial charge in [-0.1, -0.05) is 13.8 Å². The molecular weight excluding hydrogens is 297 g/mol. The van der Waals surface area contributed by atoms with Gasteiger partial charge in [-0.25, -0.2) is 0 Å². The molecule has 4 nitrogen and oxygen atoms in total. The summed E-state index contributed by atoms with van der Waals surface area (Å²) < 4.78 is 0. The summed E-state index contributed by atoms with van der Waals surface area (Å²) in [5, 5.41) is 0. The Balaban J connectivity index is 0. The van der Waals surface area contributed by atoms with Gasteiger partial charge in [-0.05, 0) is 32.6 Å². The van der Waals surface area contributed by atoms with Crippen LogP contribution in [0.5, 0.6) is 0 Å². The maximum atomic E-state index is 12.2. The molecule has 0 aromatic heterocycles. The second-order valence-corrected chi connectivity index (χ2v) is 6.08. The number of piperidine rings is 1.